The predicted molar refractivity (Wildman–Crippen MR) is 280 cm³/mol. The zero-order valence-corrected chi connectivity index (χ0v) is 45.2. The molecule has 2 heterocycles. The van der Waals surface area contributed by atoms with Crippen LogP contribution in [0.15, 0.2) is 48.5 Å². The maximum Gasteiger partial charge on any atom is 0.246 e. The Morgan fingerprint density at radius 3 is 1.22 bits per heavy atom. The molecule has 0 aromatic heterocycles. The van der Waals surface area contributed by atoms with Gasteiger partial charge in [-0.2, -0.15) is 0 Å². The molecule has 0 spiro atoms. The number of halogens is 2. The van der Waals surface area contributed by atoms with Crippen molar-refractivity contribution in [2.75, 3.05) is 53.4 Å². The zero-order valence-electron chi connectivity index (χ0n) is 45.2. The van der Waals surface area contributed by atoms with Crippen LogP contribution < -0.4 is 21.3 Å². The molecule has 0 saturated carbocycles. The molecule has 2 aliphatic heterocycles. The Balaban J connectivity index is 1.33. The number of amides is 6. The number of hydrogen-bond donors (Lipinski definition) is 4. The number of rotatable bonds is 27. The van der Waals surface area contributed by atoms with Gasteiger partial charge in [0.2, 0.25) is 35.4 Å². The number of carbonyl (C=O) groups is 6. The average Bonchev–Trinajstić information content (AvgIpc) is 4.02. The van der Waals surface area contributed by atoms with E-state index in [0.29, 0.717) is 77.8 Å². The summed E-state index contributed by atoms with van der Waals surface area (Å²) in [5, 5.41) is 11.9. The summed E-state index contributed by atoms with van der Waals surface area (Å²) in [6, 6.07) is 9.80. The molecule has 0 unspecified atom stereocenters. The molecule has 2 aromatic carbocycles. The van der Waals surface area contributed by atoms with E-state index in [0.717, 1.165) is 62.5 Å². The Kier molecular flexibility index (Phi) is 23.6. The third-order valence-electron chi connectivity index (χ3n) is 14.5. The summed E-state index contributed by atoms with van der Waals surface area (Å²) < 4.78 is 27.5. The Morgan fingerprint density at radius 2 is 0.903 bits per heavy atom. The van der Waals surface area contributed by atoms with Gasteiger partial charge in [0.15, 0.2) is 0 Å². The van der Waals surface area contributed by atoms with Gasteiger partial charge in [0.25, 0.3) is 0 Å². The second kappa shape index (κ2) is 28.5. The SMILES string of the molecule is CN[C@@H](C)C(=O)N[C@H](C(=O)N1CCC[C@H]1CN(CCc1ccc(F)cc1)C(=O)CCCCCCCCC(=O)N(CCc1ccc(F)cc1)C[C@@H]1CCCN1C(=O)[C@@H](NC(=O)[C@H](C)NC)C(C)(C)C)C(C)(C)C. The number of benzene rings is 2. The molecule has 4 rings (SSSR count). The standard InChI is InChI=1S/C56H88F2N8O6/c1-39(59-9)51(69)61-49(55(3,4)5)53(71)65-33-17-19-45(65)37-63(35-31-41-23-27-43(57)28-24-41)47(67)21-15-13-11-12-14-16-22-48(68)64(36-32-42-25-29-44(58)30-26-42)38-46-20-18-34-66(46)54(72)50(56(6,7)8)62-52(70)40(2)60-10/h23-30,39-40,45-46,49-50,59-60H,11-22,31-38H2,1-10H3,(H,61,69)(H,62,70)/t39-,40-,45-,46-,49+,50+/m0/s1. The lowest BCUT2D eigenvalue weighted by Gasteiger charge is -2.37. The number of unbranched alkanes of at least 4 members (excludes halogenated alkanes) is 5. The van der Waals surface area contributed by atoms with E-state index in [9.17, 15) is 37.5 Å². The average molecular weight is 1010 g/mol. The van der Waals surface area contributed by atoms with Crippen LogP contribution >= 0.6 is 0 Å². The van der Waals surface area contributed by atoms with Gasteiger partial charge >= 0.3 is 0 Å². The maximum absolute atomic E-state index is 14.2. The van der Waals surface area contributed by atoms with Crippen molar-refractivity contribution >= 4 is 35.4 Å². The van der Waals surface area contributed by atoms with Crippen LogP contribution in [0.5, 0.6) is 0 Å². The quantitative estimate of drug-likeness (QED) is 0.0712. The van der Waals surface area contributed by atoms with Gasteiger partial charge < -0.3 is 40.9 Å². The lowest BCUT2D eigenvalue weighted by atomic mass is 9.85. The van der Waals surface area contributed by atoms with E-state index >= 15 is 0 Å². The lowest BCUT2D eigenvalue weighted by Crippen LogP contribution is -2.59. The summed E-state index contributed by atoms with van der Waals surface area (Å²) in [7, 11) is 3.40. The summed E-state index contributed by atoms with van der Waals surface area (Å²) in [6.07, 6.45) is 9.76. The highest BCUT2D eigenvalue weighted by atomic mass is 19.1. The summed E-state index contributed by atoms with van der Waals surface area (Å²) in [5.41, 5.74) is 0.746. The molecule has 6 amide bonds. The van der Waals surface area contributed by atoms with Gasteiger partial charge in [-0.25, -0.2) is 8.78 Å². The van der Waals surface area contributed by atoms with E-state index in [2.05, 4.69) is 21.3 Å². The minimum Gasteiger partial charge on any atom is -0.342 e. The van der Waals surface area contributed by atoms with Crippen molar-refractivity contribution in [3.63, 3.8) is 0 Å². The first-order chi connectivity index (χ1) is 34.0. The van der Waals surface area contributed by atoms with Crippen LogP contribution in [-0.2, 0) is 41.6 Å². The van der Waals surface area contributed by atoms with Crippen molar-refractivity contribution in [2.24, 2.45) is 10.8 Å². The summed E-state index contributed by atoms with van der Waals surface area (Å²) in [5.74, 6) is -1.41. The summed E-state index contributed by atoms with van der Waals surface area (Å²) in [6.45, 7) is 17.8. The van der Waals surface area contributed by atoms with Crippen molar-refractivity contribution in [3.8, 4) is 0 Å². The van der Waals surface area contributed by atoms with Crippen LogP contribution in [0.1, 0.15) is 144 Å². The summed E-state index contributed by atoms with van der Waals surface area (Å²) >= 11 is 0. The number of carbonyl (C=O) groups excluding carboxylic acids is 6. The highest BCUT2D eigenvalue weighted by Crippen LogP contribution is 2.29. The normalized spacial score (nSPS) is 17.8. The third kappa shape index (κ3) is 18.5. The van der Waals surface area contributed by atoms with Crippen LogP contribution in [0.4, 0.5) is 8.78 Å². The zero-order chi connectivity index (χ0) is 53.2. The lowest BCUT2D eigenvalue weighted by molar-refractivity contribution is -0.142. The van der Waals surface area contributed by atoms with Gasteiger partial charge in [0.05, 0.1) is 12.1 Å². The van der Waals surface area contributed by atoms with Crippen LogP contribution in [-0.4, -0.2) is 145 Å². The molecule has 14 nitrogen and oxygen atoms in total. The van der Waals surface area contributed by atoms with Crippen LogP contribution in [0.25, 0.3) is 0 Å². The van der Waals surface area contributed by atoms with Gasteiger partial charge in [-0.1, -0.05) is 91.5 Å². The summed E-state index contributed by atoms with van der Waals surface area (Å²) in [4.78, 5) is 89.7. The second-order valence-electron chi connectivity index (χ2n) is 22.3. The molecule has 16 heteroatoms. The van der Waals surface area contributed by atoms with E-state index in [1.165, 1.54) is 24.3 Å². The van der Waals surface area contributed by atoms with Gasteiger partial charge in [-0.05, 0) is 126 Å². The molecule has 0 radical (unpaired) electrons. The van der Waals surface area contributed by atoms with Crippen LogP contribution in [0.2, 0.25) is 0 Å². The van der Waals surface area contributed by atoms with E-state index < -0.39 is 35.0 Å². The first kappa shape index (κ1) is 59.6. The van der Waals surface area contributed by atoms with Gasteiger partial charge in [0, 0.05) is 64.2 Å². The van der Waals surface area contributed by atoms with Crippen molar-refractivity contribution in [3.05, 3.63) is 71.3 Å². The minimum atomic E-state index is -0.739. The van der Waals surface area contributed by atoms with Crippen molar-refractivity contribution < 1.29 is 37.5 Å². The first-order valence-electron chi connectivity index (χ1n) is 26.6. The topological polar surface area (TPSA) is 163 Å². The molecule has 0 bridgehead atoms. The Hall–Kier alpha value is -4.96. The fraction of sp³-hybridized carbons (Fsp3) is 0.679. The Bertz CT molecular complexity index is 1910. The van der Waals surface area contributed by atoms with E-state index in [1.807, 2.05) is 61.1 Å². The van der Waals surface area contributed by atoms with Crippen molar-refractivity contribution in [1.82, 2.24) is 40.9 Å². The van der Waals surface area contributed by atoms with E-state index in [1.54, 1.807) is 52.2 Å². The second-order valence-corrected chi connectivity index (χ2v) is 22.3. The third-order valence-corrected chi connectivity index (χ3v) is 14.5. The van der Waals surface area contributed by atoms with Crippen LogP contribution in [0.3, 0.4) is 0 Å². The maximum atomic E-state index is 14.2. The number of likely N-dealkylation sites (tertiary alicyclic amines) is 2. The first-order valence-corrected chi connectivity index (χ1v) is 26.6. The van der Waals surface area contributed by atoms with Crippen LogP contribution in [0, 0.1) is 22.5 Å². The molecule has 4 N–H and O–H groups in total. The predicted octanol–water partition coefficient (Wildman–Crippen LogP) is 6.79. The highest BCUT2D eigenvalue weighted by molar-refractivity contribution is 5.91. The number of nitrogens with one attached hydrogen (secondary N) is 4. The monoisotopic (exact) mass is 1010 g/mol. The Morgan fingerprint density at radius 1 is 0.569 bits per heavy atom. The molecule has 0 aliphatic carbocycles. The smallest absolute Gasteiger partial charge is 0.246 e. The van der Waals surface area contributed by atoms with Crippen molar-refractivity contribution in [1.29, 1.82) is 0 Å². The molecular weight excluding hydrogens is 919 g/mol. The largest absolute Gasteiger partial charge is 0.342 e. The molecular formula is C56H88F2N8O6. The molecule has 72 heavy (non-hydrogen) atoms. The molecule has 402 valence electrons. The minimum absolute atomic E-state index is 0.0100. The van der Waals surface area contributed by atoms with Gasteiger partial charge in [-0.15, -0.1) is 0 Å². The highest BCUT2D eigenvalue weighted by Gasteiger charge is 2.42. The molecule has 2 fully saturated rings. The van der Waals surface area contributed by atoms with E-state index in [-0.39, 0.29) is 59.2 Å². The van der Waals surface area contributed by atoms with Gasteiger partial charge in [-0.3, -0.25) is 28.8 Å². The number of likely N-dealkylation sites (N-methyl/N-ethyl adjacent to an activating group) is 2. The number of hydrogen-bond acceptors (Lipinski definition) is 8. The molecule has 2 saturated heterocycles. The fourth-order valence-corrected chi connectivity index (χ4v) is 9.61. The molecule has 6 atom stereocenters. The van der Waals surface area contributed by atoms with Crippen molar-refractivity contribution in [2.45, 2.75) is 182 Å². The number of nitrogens with zero attached hydrogens (tertiary/aromatic N) is 4. The fourth-order valence-electron chi connectivity index (χ4n) is 9.61. The molecule has 2 aromatic rings. The molecule has 2 aliphatic rings. The Labute approximate surface area is 429 Å². The van der Waals surface area contributed by atoms with E-state index in [4.69, 9.17) is 0 Å². The van der Waals surface area contributed by atoms with Gasteiger partial charge in [0.1, 0.15) is 23.7 Å².